The summed E-state index contributed by atoms with van der Waals surface area (Å²) in [6.07, 6.45) is 3.20. The summed E-state index contributed by atoms with van der Waals surface area (Å²) in [7, 11) is 0. The molecule has 10 heteroatoms. The van der Waals surface area contributed by atoms with E-state index in [1.807, 2.05) is 0 Å². The second-order valence-electron chi connectivity index (χ2n) is 6.79. The number of carbonyl (C=O) groups is 3. The first kappa shape index (κ1) is 22.2. The van der Waals surface area contributed by atoms with Crippen LogP contribution in [0.2, 0.25) is 0 Å². The number of benzene rings is 1. The highest BCUT2D eigenvalue weighted by Gasteiger charge is 2.30. The van der Waals surface area contributed by atoms with E-state index in [0.29, 0.717) is 35.6 Å². The molecule has 9 nitrogen and oxygen atoms in total. The number of amides is 2. The maximum Gasteiger partial charge on any atom is 0.341 e. The molecule has 2 aromatic rings. The van der Waals surface area contributed by atoms with Crippen LogP contribution in [0.15, 0.2) is 30.3 Å². The number of hydrogen-bond donors (Lipinski definition) is 1. The van der Waals surface area contributed by atoms with Gasteiger partial charge in [0, 0.05) is 36.6 Å². The lowest BCUT2D eigenvalue weighted by molar-refractivity contribution is -0.384. The zero-order valence-corrected chi connectivity index (χ0v) is 17.9. The zero-order chi connectivity index (χ0) is 22.5. The Bertz CT molecular complexity index is 1080. The Morgan fingerprint density at radius 3 is 2.81 bits per heavy atom. The zero-order valence-electron chi connectivity index (χ0n) is 17.0. The Morgan fingerprint density at radius 1 is 1.35 bits per heavy atom. The Balaban J connectivity index is 1.84. The first-order chi connectivity index (χ1) is 14.8. The number of fused-ring (bicyclic) bond motifs is 1. The van der Waals surface area contributed by atoms with E-state index in [-0.39, 0.29) is 18.2 Å². The van der Waals surface area contributed by atoms with Crippen LogP contribution in [0, 0.1) is 10.1 Å². The van der Waals surface area contributed by atoms with E-state index in [1.54, 1.807) is 17.9 Å². The average molecular weight is 443 g/mol. The van der Waals surface area contributed by atoms with Crippen molar-refractivity contribution in [1.82, 2.24) is 4.90 Å². The quantitative estimate of drug-likeness (QED) is 0.316. The van der Waals surface area contributed by atoms with E-state index in [0.717, 1.165) is 10.4 Å². The summed E-state index contributed by atoms with van der Waals surface area (Å²) in [4.78, 5) is 49.6. The van der Waals surface area contributed by atoms with Crippen molar-refractivity contribution < 1.29 is 24.0 Å². The van der Waals surface area contributed by atoms with Gasteiger partial charge in [-0.05, 0) is 30.5 Å². The smallest absolute Gasteiger partial charge is 0.341 e. The fourth-order valence-electron chi connectivity index (χ4n) is 3.25. The minimum Gasteiger partial charge on any atom is -0.462 e. The molecule has 0 unspecified atom stereocenters. The Hall–Kier alpha value is -3.53. The third-order valence-corrected chi connectivity index (χ3v) is 5.86. The van der Waals surface area contributed by atoms with Crippen LogP contribution in [0.25, 0.3) is 6.08 Å². The molecule has 162 valence electrons. The van der Waals surface area contributed by atoms with Gasteiger partial charge in [-0.25, -0.2) is 4.79 Å². The fraction of sp³-hybridized carbons (Fsp3) is 0.286. The van der Waals surface area contributed by atoms with Crippen LogP contribution >= 0.6 is 11.3 Å². The molecule has 1 N–H and O–H groups in total. The van der Waals surface area contributed by atoms with E-state index >= 15 is 0 Å². The van der Waals surface area contributed by atoms with Crippen molar-refractivity contribution in [1.29, 1.82) is 0 Å². The summed E-state index contributed by atoms with van der Waals surface area (Å²) in [6, 6.07) is 5.89. The van der Waals surface area contributed by atoms with Crippen molar-refractivity contribution >= 4 is 45.9 Å². The number of anilines is 1. The highest BCUT2D eigenvalue weighted by atomic mass is 32.1. The van der Waals surface area contributed by atoms with Crippen molar-refractivity contribution in [3.8, 4) is 0 Å². The third kappa shape index (κ3) is 5.15. The molecule has 3 rings (SSSR count). The van der Waals surface area contributed by atoms with Crippen LogP contribution in [-0.4, -0.2) is 40.8 Å². The largest absolute Gasteiger partial charge is 0.462 e. The number of ether oxygens (including phenoxy) is 1. The predicted octanol–water partition coefficient (Wildman–Crippen LogP) is 3.39. The summed E-state index contributed by atoms with van der Waals surface area (Å²) in [5.74, 6) is -1.06. The lowest BCUT2D eigenvalue weighted by Crippen LogP contribution is -2.34. The van der Waals surface area contributed by atoms with Gasteiger partial charge in [0.25, 0.3) is 5.69 Å². The van der Waals surface area contributed by atoms with Crippen LogP contribution in [0.5, 0.6) is 0 Å². The van der Waals surface area contributed by atoms with E-state index in [4.69, 9.17) is 4.74 Å². The van der Waals surface area contributed by atoms with Gasteiger partial charge in [0.1, 0.15) is 5.00 Å². The van der Waals surface area contributed by atoms with Crippen molar-refractivity contribution in [2.45, 2.75) is 26.8 Å². The molecule has 0 saturated heterocycles. The molecule has 0 bridgehead atoms. The Morgan fingerprint density at radius 2 is 2.13 bits per heavy atom. The molecule has 0 atom stereocenters. The van der Waals surface area contributed by atoms with Crippen molar-refractivity contribution in [3.05, 3.63) is 62.0 Å². The summed E-state index contributed by atoms with van der Waals surface area (Å²) < 4.78 is 5.17. The molecular formula is C21H21N3O6S. The van der Waals surface area contributed by atoms with Crippen LogP contribution < -0.4 is 5.32 Å². The molecule has 2 heterocycles. The maximum absolute atomic E-state index is 12.5. The second-order valence-corrected chi connectivity index (χ2v) is 7.90. The summed E-state index contributed by atoms with van der Waals surface area (Å²) in [5.41, 5.74) is 1.53. The van der Waals surface area contributed by atoms with E-state index in [2.05, 4.69) is 5.32 Å². The monoisotopic (exact) mass is 443 g/mol. The molecule has 1 aliphatic heterocycles. The molecule has 0 aliphatic carbocycles. The topological polar surface area (TPSA) is 119 Å². The number of nitrogens with zero attached hydrogens (tertiary/aromatic N) is 2. The number of carbonyl (C=O) groups excluding carboxylic acids is 3. The Labute approximate surface area is 182 Å². The maximum atomic E-state index is 12.5. The minimum atomic E-state index is -0.519. The van der Waals surface area contributed by atoms with Crippen LogP contribution in [-0.2, 0) is 27.3 Å². The molecular weight excluding hydrogens is 422 g/mol. The summed E-state index contributed by atoms with van der Waals surface area (Å²) in [5, 5.41) is 14.0. The fourth-order valence-corrected chi connectivity index (χ4v) is 4.50. The number of nitro groups is 1. The lowest BCUT2D eigenvalue weighted by Gasteiger charge is -2.25. The SMILES string of the molecule is CCOC(=O)c1c(NC(=O)/C=C/c2cccc([N+](=O)[O-])c2)sc2c1CCN(C(C)=O)C2. The van der Waals surface area contributed by atoms with Crippen LogP contribution in [0.1, 0.15) is 40.2 Å². The van der Waals surface area contributed by atoms with Crippen LogP contribution in [0.4, 0.5) is 10.7 Å². The second kappa shape index (κ2) is 9.52. The minimum absolute atomic E-state index is 0.0535. The van der Waals surface area contributed by atoms with Gasteiger partial charge < -0.3 is 15.0 Å². The molecule has 0 spiro atoms. The number of nitrogens with one attached hydrogen (secondary N) is 1. The average Bonchev–Trinajstić information content (AvgIpc) is 3.09. The van der Waals surface area contributed by atoms with Gasteiger partial charge in [0.2, 0.25) is 11.8 Å². The van der Waals surface area contributed by atoms with Crippen LogP contribution in [0.3, 0.4) is 0 Å². The van der Waals surface area contributed by atoms with Crippen molar-refractivity contribution in [2.24, 2.45) is 0 Å². The van der Waals surface area contributed by atoms with Gasteiger partial charge in [-0.2, -0.15) is 0 Å². The molecule has 31 heavy (non-hydrogen) atoms. The normalized spacial score (nSPS) is 13.0. The number of rotatable bonds is 6. The highest BCUT2D eigenvalue weighted by molar-refractivity contribution is 7.17. The molecule has 0 saturated carbocycles. The number of thiophene rings is 1. The number of esters is 1. The standard InChI is InChI=1S/C21H21N3O6S/c1-3-30-21(27)19-16-9-10-23(13(2)25)12-17(16)31-20(19)22-18(26)8-7-14-5-4-6-15(11-14)24(28)29/h4-8,11H,3,9-10,12H2,1-2H3,(H,22,26)/b8-7+. The first-order valence-electron chi connectivity index (χ1n) is 9.60. The Kier molecular flexibility index (Phi) is 6.81. The van der Waals surface area contributed by atoms with Gasteiger partial charge in [0.15, 0.2) is 0 Å². The van der Waals surface area contributed by atoms with Gasteiger partial charge in [-0.1, -0.05) is 12.1 Å². The van der Waals surface area contributed by atoms with Gasteiger partial charge in [0.05, 0.1) is 23.6 Å². The molecule has 1 aliphatic rings. The molecule has 1 aromatic heterocycles. The summed E-state index contributed by atoms with van der Waals surface area (Å²) in [6.45, 7) is 4.26. The van der Waals surface area contributed by atoms with Crippen molar-refractivity contribution in [3.63, 3.8) is 0 Å². The van der Waals surface area contributed by atoms with E-state index < -0.39 is 16.8 Å². The predicted molar refractivity (Wildman–Crippen MR) is 116 cm³/mol. The number of hydrogen-bond acceptors (Lipinski definition) is 7. The van der Waals surface area contributed by atoms with Crippen molar-refractivity contribution in [2.75, 3.05) is 18.5 Å². The summed E-state index contributed by atoms with van der Waals surface area (Å²) >= 11 is 1.24. The third-order valence-electron chi connectivity index (χ3n) is 4.73. The first-order valence-corrected chi connectivity index (χ1v) is 10.4. The van der Waals surface area contributed by atoms with E-state index in [9.17, 15) is 24.5 Å². The molecule has 1 aromatic carbocycles. The van der Waals surface area contributed by atoms with Gasteiger partial charge in [-0.15, -0.1) is 11.3 Å². The molecule has 2 amide bonds. The number of nitro benzene ring substituents is 1. The molecule has 0 fully saturated rings. The van der Waals surface area contributed by atoms with Gasteiger partial charge in [-0.3, -0.25) is 19.7 Å². The lowest BCUT2D eigenvalue weighted by atomic mass is 10.0. The number of non-ortho nitro benzene ring substituents is 1. The molecule has 0 radical (unpaired) electrons. The van der Waals surface area contributed by atoms with E-state index in [1.165, 1.54) is 48.6 Å². The van der Waals surface area contributed by atoms with Gasteiger partial charge >= 0.3 is 5.97 Å². The highest BCUT2D eigenvalue weighted by Crippen LogP contribution is 2.37.